The highest BCUT2D eigenvalue weighted by atomic mass is 79.9. The van der Waals surface area contributed by atoms with Gasteiger partial charge in [0.1, 0.15) is 6.04 Å². The van der Waals surface area contributed by atoms with Crippen LogP contribution in [0, 0.1) is 0 Å². The number of carboxylic acids is 1. The Bertz CT molecular complexity index is 493. The number of rotatable bonds is 8. The van der Waals surface area contributed by atoms with Gasteiger partial charge in [-0.05, 0) is 31.0 Å². The fraction of sp³-hybridized carbons (Fsp3) is 0.286. The standard InChI is InChI=1S/C14H16BrNO3S/c1-2-3-7-12(14(18)19)16-13(17)9-20-11-6-4-5-10(15)8-11/h2,4-6,8,12H,1,3,7,9H2,(H,16,17)(H,18,19). The van der Waals surface area contributed by atoms with E-state index in [2.05, 4.69) is 27.8 Å². The molecule has 1 amide bonds. The van der Waals surface area contributed by atoms with Crippen LogP contribution in [-0.2, 0) is 9.59 Å². The van der Waals surface area contributed by atoms with Crippen LogP contribution in [0.4, 0.5) is 0 Å². The van der Waals surface area contributed by atoms with E-state index in [1.807, 2.05) is 24.3 Å². The smallest absolute Gasteiger partial charge is 0.326 e. The SMILES string of the molecule is C=CCCC(NC(=O)CSc1cccc(Br)c1)C(=O)O. The van der Waals surface area contributed by atoms with Crippen molar-refractivity contribution in [2.45, 2.75) is 23.8 Å². The van der Waals surface area contributed by atoms with Crippen LogP contribution >= 0.6 is 27.7 Å². The molecule has 108 valence electrons. The van der Waals surface area contributed by atoms with Gasteiger partial charge in [0, 0.05) is 9.37 Å². The van der Waals surface area contributed by atoms with Crippen molar-refractivity contribution in [1.29, 1.82) is 0 Å². The van der Waals surface area contributed by atoms with Crippen molar-refractivity contribution in [3.05, 3.63) is 41.4 Å². The number of aliphatic carboxylic acids is 1. The van der Waals surface area contributed by atoms with E-state index in [4.69, 9.17) is 5.11 Å². The average Bonchev–Trinajstić information content (AvgIpc) is 2.41. The predicted molar refractivity (Wildman–Crippen MR) is 83.9 cm³/mol. The Hall–Kier alpha value is -1.27. The summed E-state index contributed by atoms with van der Waals surface area (Å²) >= 11 is 4.72. The van der Waals surface area contributed by atoms with Gasteiger partial charge in [-0.1, -0.05) is 28.1 Å². The largest absolute Gasteiger partial charge is 0.480 e. The number of allylic oxidation sites excluding steroid dienone is 1. The Balaban J connectivity index is 2.45. The lowest BCUT2D eigenvalue weighted by Gasteiger charge is -2.13. The number of carbonyl (C=O) groups excluding carboxylic acids is 1. The highest BCUT2D eigenvalue weighted by Crippen LogP contribution is 2.21. The maximum Gasteiger partial charge on any atom is 0.326 e. The summed E-state index contributed by atoms with van der Waals surface area (Å²) in [7, 11) is 0. The molecule has 2 N–H and O–H groups in total. The molecule has 0 aliphatic rings. The number of amides is 1. The van der Waals surface area contributed by atoms with Crippen LogP contribution in [0.5, 0.6) is 0 Å². The first-order chi connectivity index (χ1) is 9.52. The summed E-state index contributed by atoms with van der Waals surface area (Å²) in [6.45, 7) is 3.54. The zero-order chi connectivity index (χ0) is 15.0. The van der Waals surface area contributed by atoms with E-state index in [1.165, 1.54) is 11.8 Å². The summed E-state index contributed by atoms with van der Waals surface area (Å²) < 4.78 is 0.942. The first-order valence-electron chi connectivity index (χ1n) is 6.04. The molecule has 0 saturated carbocycles. The van der Waals surface area contributed by atoms with E-state index in [0.29, 0.717) is 12.8 Å². The molecule has 1 unspecified atom stereocenters. The monoisotopic (exact) mass is 357 g/mol. The molecule has 1 aromatic carbocycles. The number of hydrogen-bond acceptors (Lipinski definition) is 3. The van der Waals surface area contributed by atoms with Crippen LogP contribution in [-0.4, -0.2) is 28.8 Å². The first kappa shape index (κ1) is 16.8. The van der Waals surface area contributed by atoms with Crippen molar-refractivity contribution in [2.75, 3.05) is 5.75 Å². The summed E-state index contributed by atoms with van der Waals surface area (Å²) in [5.74, 6) is -1.12. The van der Waals surface area contributed by atoms with Crippen LogP contribution in [0.2, 0.25) is 0 Å². The molecule has 0 aromatic heterocycles. The lowest BCUT2D eigenvalue weighted by Crippen LogP contribution is -2.41. The highest BCUT2D eigenvalue weighted by molar-refractivity contribution is 9.10. The zero-order valence-corrected chi connectivity index (χ0v) is 13.2. The van der Waals surface area contributed by atoms with E-state index in [-0.39, 0.29) is 11.7 Å². The Labute approximate surface area is 130 Å². The van der Waals surface area contributed by atoms with Crippen LogP contribution < -0.4 is 5.32 Å². The maximum absolute atomic E-state index is 11.7. The Morgan fingerprint density at radius 3 is 2.85 bits per heavy atom. The number of thioether (sulfide) groups is 1. The minimum absolute atomic E-state index is 0.189. The van der Waals surface area contributed by atoms with Crippen LogP contribution in [0.15, 0.2) is 46.3 Å². The molecule has 4 nitrogen and oxygen atoms in total. The predicted octanol–water partition coefficient (Wildman–Crippen LogP) is 3.08. The summed E-state index contributed by atoms with van der Waals surface area (Å²) in [6.07, 6.45) is 2.54. The van der Waals surface area contributed by atoms with E-state index < -0.39 is 12.0 Å². The minimum atomic E-state index is -1.02. The molecule has 0 radical (unpaired) electrons. The molecule has 1 rings (SSSR count). The zero-order valence-electron chi connectivity index (χ0n) is 10.8. The Morgan fingerprint density at radius 1 is 1.50 bits per heavy atom. The van der Waals surface area contributed by atoms with Gasteiger partial charge in [0.2, 0.25) is 5.91 Å². The van der Waals surface area contributed by atoms with Crippen LogP contribution in [0.1, 0.15) is 12.8 Å². The summed E-state index contributed by atoms with van der Waals surface area (Å²) in [5.41, 5.74) is 0. The lowest BCUT2D eigenvalue weighted by molar-refractivity contribution is -0.141. The molecule has 0 aliphatic carbocycles. The average molecular weight is 358 g/mol. The van der Waals surface area contributed by atoms with Crippen molar-refractivity contribution < 1.29 is 14.7 Å². The van der Waals surface area contributed by atoms with Crippen LogP contribution in [0.3, 0.4) is 0 Å². The molecule has 0 aliphatic heterocycles. The molecular formula is C14H16BrNO3S. The third-order valence-electron chi connectivity index (χ3n) is 2.46. The molecule has 0 fully saturated rings. The van der Waals surface area contributed by atoms with E-state index in [9.17, 15) is 9.59 Å². The molecule has 1 aromatic rings. The van der Waals surface area contributed by atoms with Crippen molar-refractivity contribution in [1.82, 2.24) is 5.32 Å². The van der Waals surface area contributed by atoms with Gasteiger partial charge in [0.15, 0.2) is 0 Å². The molecular weight excluding hydrogens is 342 g/mol. The van der Waals surface area contributed by atoms with Gasteiger partial charge < -0.3 is 10.4 Å². The fourth-order valence-electron chi connectivity index (χ4n) is 1.48. The molecule has 1 atom stereocenters. The minimum Gasteiger partial charge on any atom is -0.480 e. The Morgan fingerprint density at radius 2 is 2.25 bits per heavy atom. The maximum atomic E-state index is 11.7. The first-order valence-corrected chi connectivity index (χ1v) is 7.82. The van der Waals surface area contributed by atoms with Gasteiger partial charge >= 0.3 is 5.97 Å². The fourth-order valence-corrected chi connectivity index (χ4v) is 2.80. The molecule has 0 saturated heterocycles. The van der Waals surface area contributed by atoms with Crippen molar-refractivity contribution >= 4 is 39.6 Å². The number of carboxylic acid groups (broad SMARTS) is 1. The number of carbonyl (C=O) groups is 2. The summed E-state index contributed by atoms with van der Waals surface area (Å²) in [5, 5.41) is 11.5. The van der Waals surface area contributed by atoms with Crippen molar-refractivity contribution in [2.24, 2.45) is 0 Å². The van der Waals surface area contributed by atoms with Gasteiger partial charge in [-0.3, -0.25) is 4.79 Å². The molecule has 6 heteroatoms. The topological polar surface area (TPSA) is 66.4 Å². The second kappa shape index (κ2) is 8.81. The quantitative estimate of drug-likeness (QED) is 0.554. The van der Waals surface area contributed by atoms with Crippen molar-refractivity contribution in [3.8, 4) is 0 Å². The molecule has 0 bridgehead atoms. The van der Waals surface area contributed by atoms with Gasteiger partial charge in [0.05, 0.1) is 5.75 Å². The van der Waals surface area contributed by atoms with Crippen molar-refractivity contribution in [3.63, 3.8) is 0 Å². The normalized spacial score (nSPS) is 11.7. The van der Waals surface area contributed by atoms with Gasteiger partial charge in [-0.25, -0.2) is 4.79 Å². The van der Waals surface area contributed by atoms with Crippen LogP contribution in [0.25, 0.3) is 0 Å². The molecule has 20 heavy (non-hydrogen) atoms. The third-order valence-corrected chi connectivity index (χ3v) is 3.95. The van der Waals surface area contributed by atoms with E-state index in [0.717, 1.165) is 9.37 Å². The number of benzene rings is 1. The molecule has 0 heterocycles. The second-order valence-electron chi connectivity index (χ2n) is 4.07. The lowest BCUT2D eigenvalue weighted by atomic mass is 10.1. The van der Waals surface area contributed by atoms with E-state index >= 15 is 0 Å². The van der Waals surface area contributed by atoms with E-state index in [1.54, 1.807) is 6.08 Å². The van der Waals surface area contributed by atoms with Gasteiger partial charge in [-0.2, -0.15) is 0 Å². The number of halogens is 1. The third kappa shape index (κ3) is 6.25. The van der Waals surface area contributed by atoms with Gasteiger partial charge in [0.25, 0.3) is 0 Å². The van der Waals surface area contributed by atoms with Gasteiger partial charge in [-0.15, -0.1) is 18.3 Å². The molecule has 0 spiro atoms. The number of hydrogen-bond donors (Lipinski definition) is 2. The number of nitrogens with one attached hydrogen (secondary N) is 1. The second-order valence-corrected chi connectivity index (χ2v) is 6.03. The highest BCUT2D eigenvalue weighted by Gasteiger charge is 2.18. The Kier molecular flexibility index (Phi) is 7.40. The summed E-state index contributed by atoms with van der Waals surface area (Å²) in [4.78, 5) is 23.7. The summed E-state index contributed by atoms with van der Waals surface area (Å²) in [6, 6.07) is 6.73.